The van der Waals surface area contributed by atoms with E-state index in [0.717, 1.165) is 4.68 Å². The summed E-state index contributed by atoms with van der Waals surface area (Å²) in [6.45, 7) is 4.61. The minimum Gasteiger partial charge on any atom is -0.379 e. The molecule has 2 aromatic heterocycles. The summed E-state index contributed by atoms with van der Waals surface area (Å²) in [6, 6.07) is 8.82. The smallest absolute Gasteiger partial charge is 0.353 e. The summed E-state index contributed by atoms with van der Waals surface area (Å²) in [4.78, 5) is 25.4. The molecule has 0 radical (unpaired) electrons. The summed E-state index contributed by atoms with van der Waals surface area (Å²) in [7, 11) is 0. The van der Waals surface area contributed by atoms with Crippen molar-refractivity contribution in [3.05, 3.63) is 45.1 Å². The molecule has 1 aromatic carbocycles. The minimum absolute atomic E-state index is 0.116. The summed E-state index contributed by atoms with van der Waals surface area (Å²) >= 11 is 0. The van der Waals surface area contributed by atoms with Gasteiger partial charge in [0.15, 0.2) is 0 Å². The van der Waals surface area contributed by atoms with E-state index in [9.17, 15) is 9.59 Å². The first-order valence-electron chi connectivity index (χ1n) is 8.14. The molecule has 0 fully saturated rings. The van der Waals surface area contributed by atoms with Crippen molar-refractivity contribution < 1.29 is 4.74 Å². The highest BCUT2D eigenvalue weighted by Crippen LogP contribution is 2.11. The Bertz CT molecular complexity index is 1070. The Labute approximate surface area is 143 Å². The SMILES string of the molecule is CC(C)OCCCn1c(=O)c2ccccc2n2c(=O)n(CC#N)nc12. The van der Waals surface area contributed by atoms with E-state index in [0.29, 0.717) is 30.5 Å². The second-order valence-electron chi connectivity index (χ2n) is 5.98. The number of nitrogens with zero attached hydrogens (tertiary/aromatic N) is 5. The molecule has 8 nitrogen and oxygen atoms in total. The van der Waals surface area contributed by atoms with Crippen LogP contribution in [0.4, 0.5) is 0 Å². The number of aryl methyl sites for hydroxylation is 1. The molecule has 3 aromatic rings. The lowest BCUT2D eigenvalue weighted by Gasteiger charge is -2.11. The Morgan fingerprint density at radius 3 is 2.76 bits per heavy atom. The molecule has 0 saturated heterocycles. The first-order chi connectivity index (χ1) is 12.0. The van der Waals surface area contributed by atoms with Crippen LogP contribution < -0.4 is 11.2 Å². The van der Waals surface area contributed by atoms with Gasteiger partial charge in [0.05, 0.1) is 23.1 Å². The summed E-state index contributed by atoms with van der Waals surface area (Å²) in [5, 5.41) is 13.5. The van der Waals surface area contributed by atoms with E-state index in [1.165, 1.54) is 8.97 Å². The van der Waals surface area contributed by atoms with Crippen LogP contribution in [0.1, 0.15) is 20.3 Å². The number of rotatable bonds is 6. The first kappa shape index (κ1) is 16.9. The molecule has 25 heavy (non-hydrogen) atoms. The lowest BCUT2D eigenvalue weighted by atomic mass is 10.2. The molecule has 8 heteroatoms. The van der Waals surface area contributed by atoms with Gasteiger partial charge in [0.2, 0.25) is 5.78 Å². The van der Waals surface area contributed by atoms with E-state index < -0.39 is 5.69 Å². The predicted octanol–water partition coefficient (Wildman–Crippen LogP) is 1.15. The second kappa shape index (κ2) is 6.91. The monoisotopic (exact) mass is 341 g/mol. The fourth-order valence-electron chi connectivity index (χ4n) is 2.78. The zero-order chi connectivity index (χ0) is 18.0. The van der Waals surface area contributed by atoms with Gasteiger partial charge in [-0.3, -0.25) is 9.36 Å². The summed E-state index contributed by atoms with van der Waals surface area (Å²) in [5.41, 5.74) is -0.145. The molecule has 0 saturated carbocycles. The van der Waals surface area contributed by atoms with Crippen molar-refractivity contribution in [2.45, 2.75) is 39.5 Å². The van der Waals surface area contributed by atoms with Crippen LogP contribution in [0.3, 0.4) is 0 Å². The Balaban J connectivity index is 2.18. The average Bonchev–Trinajstić information content (AvgIpc) is 2.91. The van der Waals surface area contributed by atoms with E-state index >= 15 is 0 Å². The van der Waals surface area contributed by atoms with E-state index in [1.54, 1.807) is 24.3 Å². The maximum absolute atomic E-state index is 12.8. The van der Waals surface area contributed by atoms with Gasteiger partial charge in [-0.1, -0.05) is 12.1 Å². The van der Waals surface area contributed by atoms with E-state index in [-0.39, 0.29) is 24.0 Å². The predicted molar refractivity (Wildman–Crippen MR) is 92.5 cm³/mol. The zero-order valence-electron chi connectivity index (χ0n) is 14.2. The van der Waals surface area contributed by atoms with Crippen molar-refractivity contribution in [3.63, 3.8) is 0 Å². The van der Waals surface area contributed by atoms with Gasteiger partial charge >= 0.3 is 5.69 Å². The number of aromatic nitrogens is 4. The molecule has 0 N–H and O–H groups in total. The van der Waals surface area contributed by atoms with Gasteiger partial charge in [0.1, 0.15) is 6.54 Å². The standard InChI is InChI=1S/C17H19N5O3/c1-12(2)25-11-5-9-20-15(23)13-6-3-4-7-14(13)22-16(20)19-21(10-8-18)17(22)24/h3-4,6-7,12H,5,9-11H2,1-2H3. The van der Waals surface area contributed by atoms with Gasteiger partial charge in [-0.2, -0.15) is 9.94 Å². The number of para-hydroxylation sites is 1. The van der Waals surface area contributed by atoms with Crippen LogP contribution in [0.5, 0.6) is 0 Å². The number of benzene rings is 1. The molecule has 0 aliphatic heterocycles. The Kier molecular flexibility index (Phi) is 4.67. The van der Waals surface area contributed by atoms with Crippen LogP contribution in [0.15, 0.2) is 33.9 Å². The third-order valence-electron chi connectivity index (χ3n) is 3.88. The number of hydrogen-bond acceptors (Lipinski definition) is 5. The van der Waals surface area contributed by atoms with Crippen LogP contribution in [0, 0.1) is 11.3 Å². The van der Waals surface area contributed by atoms with E-state index in [2.05, 4.69) is 5.10 Å². The Morgan fingerprint density at radius 2 is 2.04 bits per heavy atom. The molecule has 0 aliphatic rings. The first-order valence-corrected chi connectivity index (χ1v) is 8.14. The normalized spacial score (nSPS) is 11.4. The number of ether oxygens (including phenoxy) is 1. The highest BCUT2D eigenvalue weighted by molar-refractivity contribution is 5.79. The second-order valence-corrected chi connectivity index (χ2v) is 5.98. The molecule has 130 valence electrons. The number of hydrogen-bond donors (Lipinski definition) is 0. The molecule has 0 amide bonds. The fraction of sp³-hybridized carbons (Fsp3) is 0.412. The van der Waals surface area contributed by atoms with Crippen molar-refractivity contribution in [2.75, 3.05) is 6.61 Å². The van der Waals surface area contributed by atoms with Crippen molar-refractivity contribution in [1.82, 2.24) is 18.7 Å². The topological polar surface area (TPSA) is 94.3 Å². The molecule has 3 rings (SSSR count). The van der Waals surface area contributed by atoms with Gasteiger partial charge in [-0.05, 0) is 32.4 Å². The highest BCUT2D eigenvalue weighted by Gasteiger charge is 2.16. The zero-order valence-corrected chi connectivity index (χ0v) is 14.2. The van der Waals surface area contributed by atoms with E-state index in [4.69, 9.17) is 10.00 Å². The fourth-order valence-corrected chi connectivity index (χ4v) is 2.78. The van der Waals surface area contributed by atoms with Crippen LogP contribution >= 0.6 is 0 Å². The molecule has 0 spiro atoms. The molecule has 0 unspecified atom stereocenters. The van der Waals surface area contributed by atoms with Crippen LogP contribution in [-0.4, -0.2) is 31.5 Å². The van der Waals surface area contributed by atoms with Crippen molar-refractivity contribution in [1.29, 1.82) is 5.26 Å². The van der Waals surface area contributed by atoms with Gasteiger partial charge in [0, 0.05) is 13.2 Å². The van der Waals surface area contributed by atoms with Gasteiger partial charge in [0.25, 0.3) is 5.56 Å². The Morgan fingerprint density at radius 1 is 1.28 bits per heavy atom. The van der Waals surface area contributed by atoms with Gasteiger partial charge in [-0.25, -0.2) is 9.20 Å². The van der Waals surface area contributed by atoms with Gasteiger partial charge in [-0.15, -0.1) is 5.10 Å². The lowest BCUT2D eigenvalue weighted by Crippen LogP contribution is -2.27. The molecule has 2 heterocycles. The maximum atomic E-state index is 12.8. The van der Waals surface area contributed by atoms with Gasteiger partial charge < -0.3 is 4.74 Å². The maximum Gasteiger partial charge on any atom is 0.353 e. The van der Waals surface area contributed by atoms with Crippen LogP contribution in [0.25, 0.3) is 16.7 Å². The van der Waals surface area contributed by atoms with Crippen molar-refractivity contribution >= 4 is 16.7 Å². The molecule has 0 aliphatic carbocycles. The highest BCUT2D eigenvalue weighted by atomic mass is 16.5. The molecular formula is C17H19N5O3. The molecule has 0 atom stereocenters. The van der Waals surface area contributed by atoms with Crippen LogP contribution in [-0.2, 0) is 17.8 Å². The quantitative estimate of drug-likeness (QED) is 0.627. The van der Waals surface area contributed by atoms with Crippen molar-refractivity contribution in [3.8, 4) is 6.07 Å². The third kappa shape index (κ3) is 3.06. The average molecular weight is 341 g/mol. The summed E-state index contributed by atoms with van der Waals surface area (Å²) in [6.07, 6.45) is 0.733. The van der Waals surface area contributed by atoms with Crippen molar-refractivity contribution in [2.24, 2.45) is 0 Å². The number of fused-ring (bicyclic) bond motifs is 3. The minimum atomic E-state index is -0.431. The largest absolute Gasteiger partial charge is 0.379 e. The van der Waals surface area contributed by atoms with Crippen LogP contribution in [0.2, 0.25) is 0 Å². The summed E-state index contributed by atoms with van der Waals surface area (Å²) < 4.78 is 9.45. The number of nitriles is 1. The third-order valence-corrected chi connectivity index (χ3v) is 3.88. The lowest BCUT2D eigenvalue weighted by molar-refractivity contribution is 0.0748. The molecule has 0 bridgehead atoms. The summed E-state index contributed by atoms with van der Waals surface area (Å²) in [5.74, 6) is 0.244. The van der Waals surface area contributed by atoms with E-state index in [1.807, 2.05) is 19.9 Å². The molecular weight excluding hydrogens is 322 g/mol. The Hall–Kier alpha value is -2.92.